The van der Waals surface area contributed by atoms with Gasteiger partial charge in [-0.1, -0.05) is 12.1 Å². The molecule has 0 aliphatic carbocycles. The number of likely N-dealkylation sites (N-methyl/N-ethyl adjacent to an activating group) is 1. The van der Waals surface area contributed by atoms with E-state index >= 15 is 0 Å². The van der Waals surface area contributed by atoms with Gasteiger partial charge in [0.2, 0.25) is 5.91 Å². The molecule has 1 aromatic heterocycles. The van der Waals surface area contributed by atoms with Gasteiger partial charge in [-0.25, -0.2) is 13.8 Å². The number of pyridine rings is 1. The van der Waals surface area contributed by atoms with Crippen molar-refractivity contribution in [2.45, 2.75) is 12.5 Å². The number of aromatic nitrogens is 1. The third-order valence-electron chi connectivity index (χ3n) is 4.45. The summed E-state index contributed by atoms with van der Waals surface area (Å²) in [6.07, 6.45) is 0.296. The number of nitrogens with one attached hydrogen (secondary N) is 1. The lowest BCUT2D eigenvalue weighted by Gasteiger charge is -2.20. The topological polar surface area (TPSA) is 94.0 Å². The van der Waals surface area contributed by atoms with E-state index in [1.807, 2.05) is 6.07 Å². The summed E-state index contributed by atoms with van der Waals surface area (Å²) in [6, 6.07) is 13.4. The molecule has 0 aliphatic rings. The number of benzene rings is 2. The van der Waals surface area contributed by atoms with Crippen LogP contribution in [-0.2, 0) is 6.42 Å². The molecule has 0 saturated carbocycles. The number of halogens is 2. The van der Waals surface area contributed by atoms with E-state index in [1.54, 1.807) is 37.4 Å². The van der Waals surface area contributed by atoms with Crippen LogP contribution in [0.5, 0.6) is 0 Å². The molecule has 2 aromatic carbocycles. The van der Waals surface area contributed by atoms with E-state index in [4.69, 9.17) is 11.5 Å². The highest BCUT2D eigenvalue weighted by Crippen LogP contribution is 2.30. The van der Waals surface area contributed by atoms with E-state index < -0.39 is 17.5 Å². The number of hydrogen-bond acceptors (Lipinski definition) is 4. The van der Waals surface area contributed by atoms with Crippen molar-refractivity contribution in [1.82, 2.24) is 10.3 Å². The van der Waals surface area contributed by atoms with Crippen LogP contribution in [0, 0.1) is 11.6 Å². The Morgan fingerprint density at radius 3 is 2.46 bits per heavy atom. The maximum absolute atomic E-state index is 13.6. The molecular formula is C21H20F2N4O. The fourth-order valence-electron chi connectivity index (χ4n) is 3.14. The van der Waals surface area contributed by atoms with Gasteiger partial charge in [0, 0.05) is 17.2 Å². The lowest BCUT2D eigenvalue weighted by atomic mass is 9.94. The van der Waals surface area contributed by atoms with E-state index in [1.165, 1.54) is 12.1 Å². The first-order valence-electron chi connectivity index (χ1n) is 8.66. The van der Waals surface area contributed by atoms with Crippen LogP contribution >= 0.6 is 0 Å². The van der Waals surface area contributed by atoms with Gasteiger partial charge in [-0.2, -0.15) is 0 Å². The first kappa shape index (κ1) is 19.4. The van der Waals surface area contributed by atoms with Crippen LogP contribution < -0.4 is 16.8 Å². The van der Waals surface area contributed by atoms with Gasteiger partial charge in [0.1, 0.15) is 17.5 Å². The quantitative estimate of drug-likeness (QED) is 0.610. The SMILES string of the molecule is CNC(Cc1cc(F)cc(F)c1)c1nc(N)ccc1-c1cccc(C(N)=O)c1. The Hall–Kier alpha value is -3.32. The van der Waals surface area contributed by atoms with Gasteiger partial charge >= 0.3 is 0 Å². The van der Waals surface area contributed by atoms with Crippen LogP contribution in [0.25, 0.3) is 11.1 Å². The highest BCUT2D eigenvalue weighted by atomic mass is 19.1. The summed E-state index contributed by atoms with van der Waals surface area (Å²) in [5, 5.41) is 3.13. The minimum Gasteiger partial charge on any atom is -0.384 e. The third kappa shape index (κ3) is 4.32. The van der Waals surface area contributed by atoms with Gasteiger partial charge in [-0.05, 0) is 61.0 Å². The molecule has 1 atom stereocenters. The van der Waals surface area contributed by atoms with Crippen LogP contribution in [0.15, 0.2) is 54.6 Å². The molecule has 28 heavy (non-hydrogen) atoms. The van der Waals surface area contributed by atoms with Gasteiger partial charge < -0.3 is 16.8 Å². The Morgan fingerprint density at radius 2 is 1.82 bits per heavy atom. The monoisotopic (exact) mass is 382 g/mol. The molecule has 1 amide bonds. The molecule has 0 spiro atoms. The van der Waals surface area contributed by atoms with Crippen molar-refractivity contribution in [3.05, 3.63) is 83.1 Å². The average molecular weight is 382 g/mol. The molecule has 3 aromatic rings. The predicted molar refractivity (Wildman–Crippen MR) is 104 cm³/mol. The molecular weight excluding hydrogens is 362 g/mol. The molecule has 0 saturated heterocycles. The Kier molecular flexibility index (Phi) is 5.65. The minimum atomic E-state index is -0.639. The highest BCUT2D eigenvalue weighted by Gasteiger charge is 2.19. The van der Waals surface area contributed by atoms with E-state index in [9.17, 15) is 13.6 Å². The van der Waals surface area contributed by atoms with E-state index in [0.29, 0.717) is 29.1 Å². The largest absolute Gasteiger partial charge is 0.384 e. The second-order valence-corrected chi connectivity index (χ2v) is 6.44. The van der Waals surface area contributed by atoms with E-state index in [0.717, 1.165) is 17.2 Å². The van der Waals surface area contributed by atoms with Crippen LogP contribution in [0.2, 0.25) is 0 Å². The number of rotatable bonds is 6. The van der Waals surface area contributed by atoms with Crippen molar-refractivity contribution >= 4 is 11.7 Å². The van der Waals surface area contributed by atoms with Crippen molar-refractivity contribution < 1.29 is 13.6 Å². The molecule has 0 radical (unpaired) electrons. The maximum Gasteiger partial charge on any atom is 0.248 e. The normalized spacial score (nSPS) is 12.0. The van der Waals surface area contributed by atoms with Crippen molar-refractivity contribution in [2.75, 3.05) is 12.8 Å². The predicted octanol–water partition coefficient (Wildman–Crippen LogP) is 3.21. The first-order valence-corrected chi connectivity index (χ1v) is 8.66. The summed E-state index contributed by atoms with van der Waals surface area (Å²) in [4.78, 5) is 16.0. The van der Waals surface area contributed by atoms with Gasteiger partial charge in [0.05, 0.1) is 11.7 Å². The fourth-order valence-corrected chi connectivity index (χ4v) is 3.14. The van der Waals surface area contributed by atoms with E-state index in [2.05, 4.69) is 10.3 Å². The number of nitrogen functional groups attached to an aromatic ring is 1. The number of nitrogens with two attached hydrogens (primary N) is 2. The minimum absolute atomic E-state index is 0.296. The molecule has 1 heterocycles. The summed E-state index contributed by atoms with van der Waals surface area (Å²) >= 11 is 0. The zero-order chi connectivity index (χ0) is 20.3. The van der Waals surface area contributed by atoms with Crippen molar-refractivity contribution in [1.29, 1.82) is 0 Å². The standard InChI is InChI=1S/C21H20F2N4O/c1-26-18(9-12-7-15(22)11-16(23)8-12)20-17(5-6-19(24)27-20)13-3-2-4-14(10-13)21(25)28/h2-8,10-11,18,26H,9H2,1H3,(H2,24,27)(H2,25,28). The summed E-state index contributed by atoms with van der Waals surface area (Å²) in [5.74, 6) is -1.50. The van der Waals surface area contributed by atoms with Crippen molar-refractivity contribution in [3.63, 3.8) is 0 Å². The number of carbonyl (C=O) groups is 1. The maximum atomic E-state index is 13.6. The number of anilines is 1. The Labute approximate surface area is 161 Å². The van der Waals surface area contributed by atoms with Gasteiger partial charge in [0.15, 0.2) is 0 Å². The molecule has 0 bridgehead atoms. The second kappa shape index (κ2) is 8.14. The third-order valence-corrected chi connectivity index (χ3v) is 4.45. The molecule has 1 unspecified atom stereocenters. The molecule has 0 fully saturated rings. The second-order valence-electron chi connectivity index (χ2n) is 6.44. The summed E-state index contributed by atoms with van der Waals surface area (Å²) in [6.45, 7) is 0. The van der Waals surface area contributed by atoms with Crippen LogP contribution in [-0.4, -0.2) is 17.9 Å². The summed E-state index contributed by atoms with van der Waals surface area (Å²) in [7, 11) is 1.73. The van der Waals surface area contributed by atoms with Crippen LogP contribution in [0.1, 0.15) is 27.7 Å². The summed E-state index contributed by atoms with van der Waals surface area (Å²) in [5.41, 5.74) is 14.2. The molecule has 0 aliphatic heterocycles. The number of carbonyl (C=O) groups excluding carboxylic acids is 1. The zero-order valence-corrected chi connectivity index (χ0v) is 15.2. The van der Waals surface area contributed by atoms with Crippen LogP contribution in [0.3, 0.4) is 0 Å². The van der Waals surface area contributed by atoms with Gasteiger partial charge in [-0.3, -0.25) is 4.79 Å². The highest BCUT2D eigenvalue weighted by molar-refractivity contribution is 5.94. The molecule has 5 nitrogen and oxygen atoms in total. The number of primary amides is 1. The number of hydrogen-bond donors (Lipinski definition) is 3. The lowest BCUT2D eigenvalue weighted by molar-refractivity contribution is 0.100. The number of nitrogens with zero attached hydrogens (tertiary/aromatic N) is 1. The lowest BCUT2D eigenvalue weighted by Crippen LogP contribution is -2.21. The van der Waals surface area contributed by atoms with E-state index in [-0.39, 0.29) is 6.04 Å². The van der Waals surface area contributed by atoms with Gasteiger partial charge in [-0.15, -0.1) is 0 Å². The smallest absolute Gasteiger partial charge is 0.248 e. The average Bonchev–Trinajstić information content (AvgIpc) is 2.65. The molecule has 5 N–H and O–H groups in total. The molecule has 144 valence electrons. The molecule has 3 rings (SSSR count). The Balaban J connectivity index is 2.05. The Bertz CT molecular complexity index is 1000. The Morgan fingerprint density at radius 1 is 1.11 bits per heavy atom. The molecule has 7 heteroatoms. The van der Waals surface area contributed by atoms with Crippen molar-refractivity contribution in [2.24, 2.45) is 5.73 Å². The van der Waals surface area contributed by atoms with Crippen molar-refractivity contribution in [3.8, 4) is 11.1 Å². The van der Waals surface area contributed by atoms with Crippen LogP contribution in [0.4, 0.5) is 14.6 Å². The first-order chi connectivity index (χ1) is 13.4. The number of amides is 1. The summed E-state index contributed by atoms with van der Waals surface area (Å²) < 4.78 is 27.1. The fraction of sp³-hybridized carbons (Fsp3) is 0.143. The van der Waals surface area contributed by atoms with Gasteiger partial charge in [0.25, 0.3) is 0 Å². The zero-order valence-electron chi connectivity index (χ0n) is 15.2.